The molecule has 0 radical (unpaired) electrons. The van der Waals surface area contributed by atoms with Crippen LogP contribution in [0.1, 0.15) is 31.8 Å². The van der Waals surface area contributed by atoms with Gasteiger partial charge in [-0.25, -0.2) is 0 Å². The average Bonchev–Trinajstić information content (AvgIpc) is 2.82. The highest BCUT2D eigenvalue weighted by molar-refractivity contribution is 6.03. The van der Waals surface area contributed by atoms with Gasteiger partial charge < -0.3 is 14.5 Å². The Balaban J connectivity index is 1.96. The molecule has 2 aliphatic rings. The normalized spacial score (nSPS) is 22.0. The summed E-state index contributed by atoms with van der Waals surface area (Å²) in [4.78, 5) is 29.1. The van der Waals surface area contributed by atoms with E-state index < -0.39 is 5.66 Å². The van der Waals surface area contributed by atoms with Crippen LogP contribution in [-0.2, 0) is 12.1 Å². The van der Waals surface area contributed by atoms with Gasteiger partial charge in [0.25, 0.3) is 11.8 Å². The third-order valence-electron chi connectivity index (χ3n) is 5.29. The zero-order valence-electron chi connectivity index (χ0n) is 13.9. The number of ether oxygens (including phenoxy) is 1. The maximum atomic E-state index is 13.0. The highest BCUT2D eigenvalue weighted by Gasteiger charge is 2.54. The van der Waals surface area contributed by atoms with Gasteiger partial charge in [-0.3, -0.25) is 9.59 Å². The molecule has 2 aliphatic heterocycles. The Bertz CT molecular complexity index is 877. The molecule has 2 aromatic rings. The third kappa shape index (κ3) is 1.64. The van der Waals surface area contributed by atoms with Gasteiger partial charge in [0.05, 0.1) is 7.11 Å². The largest absolute Gasteiger partial charge is 0.497 e. The van der Waals surface area contributed by atoms with Crippen LogP contribution in [0.3, 0.4) is 0 Å². The lowest BCUT2D eigenvalue weighted by Crippen LogP contribution is -2.59. The van der Waals surface area contributed by atoms with E-state index in [9.17, 15) is 9.59 Å². The molecule has 2 amide bonds. The Kier molecular flexibility index (Phi) is 2.97. The molecule has 4 rings (SSSR count). The third-order valence-corrected chi connectivity index (χ3v) is 5.29. The molecule has 5 nitrogen and oxygen atoms in total. The molecule has 2 heterocycles. The van der Waals surface area contributed by atoms with E-state index >= 15 is 0 Å². The molecule has 1 spiro atoms. The van der Waals surface area contributed by atoms with E-state index in [2.05, 4.69) is 0 Å². The van der Waals surface area contributed by atoms with Crippen LogP contribution in [0, 0.1) is 0 Å². The van der Waals surface area contributed by atoms with Crippen molar-refractivity contribution in [3.8, 4) is 5.75 Å². The van der Waals surface area contributed by atoms with E-state index in [-0.39, 0.29) is 11.8 Å². The number of hydrogen-bond donors (Lipinski definition) is 0. The highest BCUT2D eigenvalue weighted by Crippen LogP contribution is 2.46. The predicted molar refractivity (Wildman–Crippen MR) is 89.0 cm³/mol. The molecule has 24 heavy (non-hydrogen) atoms. The molecule has 0 aliphatic carbocycles. The predicted octanol–water partition coefficient (Wildman–Crippen LogP) is 2.26. The van der Waals surface area contributed by atoms with E-state index in [1.807, 2.05) is 30.3 Å². The SMILES string of the molecule is COc1ccc2c(c1)CC1(c3ccccc3C(=O)N1C)N(C)C2=O. The molecule has 0 N–H and O–H groups in total. The first-order chi connectivity index (χ1) is 11.5. The Hall–Kier alpha value is -2.82. The first-order valence-electron chi connectivity index (χ1n) is 7.83. The topological polar surface area (TPSA) is 49.9 Å². The second kappa shape index (κ2) is 4.84. The second-order valence-electron chi connectivity index (χ2n) is 6.29. The summed E-state index contributed by atoms with van der Waals surface area (Å²) in [5.41, 5.74) is 2.31. The molecule has 0 fully saturated rings. The van der Waals surface area contributed by atoms with Crippen LogP contribution in [0.25, 0.3) is 0 Å². The summed E-state index contributed by atoms with van der Waals surface area (Å²) in [5.74, 6) is 0.563. The van der Waals surface area contributed by atoms with Gasteiger partial charge in [0, 0.05) is 37.2 Å². The zero-order chi connectivity index (χ0) is 17.1. The molecular weight excluding hydrogens is 304 g/mol. The number of carbonyl (C=O) groups excluding carboxylic acids is 2. The monoisotopic (exact) mass is 322 g/mol. The van der Waals surface area contributed by atoms with Gasteiger partial charge in [0.1, 0.15) is 11.4 Å². The van der Waals surface area contributed by atoms with Crippen molar-refractivity contribution >= 4 is 11.8 Å². The molecule has 5 heteroatoms. The highest BCUT2D eigenvalue weighted by atomic mass is 16.5. The van der Waals surface area contributed by atoms with Crippen molar-refractivity contribution in [1.82, 2.24) is 9.80 Å². The fraction of sp³-hybridized carbons (Fsp3) is 0.263. The molecule has 122 valence electrons. The Morgan fingerprint density at radius 1 is 0.958 bits per heavy atom. The molecule has 0 aromatic heterocycles. The van der Waals surface area contributed by atoms with E-state index in [0.717, 1.165) is 11.1 Å². The maximum Gasteiger partial charge on any atom is 0.256 e. The minimum absolute atomic E-state index is 0.0587. The molecule has 1 atom stereocenters. The first kappa shape index (κ1) is 14.8. The minimum Gasteiger partial charge on any atom is -0.497 e. The number of fused-ring (bicyclic) bond motifs is 3. The van der Waals surface area contributed by atoms with Crippen LogP contribution in [-0.4, -0.2) is 42.8 Å². The number of methoxy groups -OCH3 is 1. The van der Waals surface area contributed by atoms with Crippen molar-refractivity contribution in [2.75, 3.05) is 21.2 Å². The van der Waals surface area contributed by atoms with Crippen molar-refractivity contribution in [2.24, 2.45) is 0 Å². The van der Waals surface area contributed by atoms with Crippen molar-refractivity contribution in [1.29, 1.82) is 0 Å². The summed E-state index contributed by atoms with van der Waals surface area (Å²) in [6.07, 6.45) is 0.543. The van der Waals surface area contributed by atoms with Crippen molar-refractivity contribution < 1.29 is 14.3 Å². The number of amides is 2. The summed E-state index contributed by atoms with van der Waals surface area (Å²) in [6.45, 7) is 0. The van der Waals surface area contributed by atoms with Crippen LogP contribution in [0.2, 0.25) is 0 Å². The number of benzene rings is 2. The number of nitrogens with zero attached hydrogens (tertiary/aromatic N) is 2. The smallest absolute Gasteiger partial charge is 0.256 e. The summed E-state index contributed by atoms with van der Waals surface area (Å²) >= 11 is 0. The Labute approximate surface area is 140 Å². The standard InChI is InChI=1S/C19H18N2O3/c1-20-17(22)14-9-8-13(24-3)10-12(14)11-19(20)16-7-5-4-6-15(16)18(23)21(19)2/h4-10H,11H2,1-3H3. The van der Waals surface area contributed by atoms with Gasteiger partial charge >= 0.3 is 0 Å². The van der Waals surface area contributed by atoms with Gasteiger partial charge in [0.2, 0.25) is 0 Å². The van der Waals surface area contributed by atoms with Gasteiger partial charge in [-0.05, 0) is 29.8 Å². The first-order valence-corrected chi connectivity index (χ1v) is 7.83. The van der Waals surface area contributed by atoms with Gasteiger partial charge in [-0.15, -0.1) is 0 Å². The quantitative estimate of drug-likeness (QED) is 0.809. The molecule has 1 unspecified atom stereocenters. The van der Waals surface area contributed by atoms with Crippen molar-refractivity contribution in [3.05, 3.63) is 64.7 Å². The van der Waals surface area contributed by atoms with E-state index in [0.29, 0.717) is 23.3 Å². The van der Waals surface area contributed by atoms with Crippen LogP contribution in [0.5, 0.6) is 5.75 Å². The van der Waals surface area contributed by atoms with Crippen LogP contribution in [0.4, 0.5) is 0 Å². The summed E-state index contributed by atoms with van der Waals surface area (Å²) in [6, 6.07) is 13.0. The molecule has 0 saturated carbocycles. The van der Waals surface area contributed by atoms with Crippen LogP contribution >= 0.6 is 0 Å². The van der Waals surface area contributed by atoms with Crippen LogP contribution < -0.4 is 4.74 Å². The fourth-order valence-corrected chi connectivity index (χ4v) is 3.95. The lowest BCUT2D eigenvalue weighted by Gasteiger charge is -2.47. The number of carbonyl (C=O) groups is 2. The van der Waals surface area contributed by atoms with Crippen molar-refractivity contribution in [2.45, 2.75) is 12.1 Å². The van der Waals surface area contributed by atoms with E-state index in [1.165, 1.54) is 0 Å². The average molecular weight is 322 g/mol. The maximum absolute atomic E-state index is 13.0. The summed E-state index contributed by atoms with van der Waals surface area (Å²) < 4.78 is 5.31. The summed E-state index contributed by atoms with van der Waals surface area (Å²) in [7, 11) is 5.13. The Morgan fingerprint density at radius 2 is 1.62 bits per heavy atom. The molecule has 2 aromatic carbocycles. The second-order valence-corrected chi connectivity index (χ2v) is 6.29. The minimum atomic E-state index is -0.788. The Morgan fingerprint density at radius 3 is 2.33 bits per heavy atom. The lowest BCUT2D eigenvalue weighted by atomic mass is 9.84. The van der Waals surface area contributed by atoms with Crippen molar-refractivity contribution in [3.63, 3.8) is 0 Å². The molecule has 0 bridgehead atoms. The summed E-state index contributed by atoms with van der Waals surface area (Å²) in [5, 5.41) is 0. The van der Waals surface area contributed by atoms with E-state index in [4.69, 9.17) is 4.74 Å². The fourth-order valence-electron chi connectivity index (χ4n) is 3.95. The van der Waals surface area contributed by atoms with Gasteiger partial charge in [-0.1, -0.05) is 18.2 Å². The lowest BCUT2D eigenvalue weighted by molar-refractivity contribution is -0.00840. The number of likely N-dealkylation sites (N-methyl/N-ethyl adjacent to an activating group) is 2. The van der Waals surface area contributed by atoms with Gasteiger partial charge in [-0.2, -0.15) is 0 Å². The van der Waals surface area contributed by atoms with Crippen LogP contribution in [0.15, 0.2) is 42.5 Å². The molecular formula is C19H18N2O3. The van der Waals surface area contributed by atoms with Gasteiger partial charge in [0.15, 0.2) is 0 Å². The van der Waals surface area contributed by atoms with E-state index in [1.54, 1.807) is 43.1 Å². The molecule has 0 saturated heterocycles. The number of rotatable bonds is 1. The zero-order valence-corrected chi connectivity index (χ0v) is 13.9. The number of hydrogen-bond acceptors (Lipinski definition) is 3.